The Morgan fingerprint density at radius 2 is 1.95 bits per heavy atom. The zero-order valence-electron chi connectivity index (χ0n) is 12.8. The lowest BCUT2D eigenvalue weighted by atomic mass is 9.94. The fraction of sp³-hybridized carbons (Fsp3) is 0.933. The summed E-state index contributed by atoms with van der Waals surface area (Å²) in [5, 5.41) is 3.26. The molecule has 0 aliphatic heterocycles. The summed E-state index contributed by atoms with van der Waals surface area (Å²) in [7, 11) is 0. The third-order valence-electron chi connectivity index (χ3n) is 4.08. The molecule has 1 aliphatic carbocycles. The van der Waals surface area contributed by atoms with Crippen LogP contribution in [0.25, 0.3) is 0 Å². The van der Waals surface area contributed by atoms with Crippen LogP contribution in [0.15, 0.2) is 0 Å². The number of carbonyl (C=O) groups is 1. The van der Waals surface area contributed by atoms with Crippen LogP contribution in [0.3, 0.4) is 0 Å². The first kappa shape index (κ1) is 16.4. The van der Waals surface area contributed by atoms with Gasteiger partial charge in [-0.05, 0) is 25.8 Å². The van der Waals surface area contributed by atoms with Crippen molar-refractivity contribution in [3.05, 3.63) is 0 Å². The number of nitrogens with zero attached hydrogens (tertiary/aromatic N) is 1. The van der Waals surface area contributed by atoms with Crippen LogP contribution in [-0.2, 0) is 4.79 Å². The Hall–Kier alpha value is -0.610. The Morgan fingerprint density at radius 3 is 2.42 bits per heavy atom. The lowest BCUT2D eigenvalue weighted by molar-refractivity contribution is -0.120. The van der Waals surface area contributed by atoms with Gasteiger partial charge in [-0.15, -0.1) is 0 Å². The number of primary amides is 1. The number of nitrogens with two attached hydrogens (primary N) is 1. The molecule has 0 spiro atoms. The topological polar surface area (TPSA) is 58.4 Å². The lowest BCUT2D eigenvalue weighted by Gasteiger charge is -2.34. The summed E-state index contributed by atoms with van der Waals surface area (Å²) < 4.78 is 0. The highest BCUT2D eigenvalue weighted by Crippen LogP contribution is 2.22. The first-order valence-electron chi connectivity index (χ1n) is 7.84. The summed E-state index contributed by atoms with van der Waals surface area (Å²) in [4.78, 5) is 14.0. The molecule has 1 aliphatic rings. The van der Waals surface area contributed by atoms with E-state index in [1.54, 1.807) is 0 Å². The molecule has 1 rings (SSSR count). The van der Waals surface area contributed by atoms with Crippen LogP contribution in [0, 0.1) is 0 Å². The number of hydrogen-bond acceptors (Lipinski definition) is 3. The van der Waals surface area contributed by atoms with Gasteiger partial charge in [0, 0.05) is 18.6 Å². The molecular formula is C15H31N3O. The van der Waals surface area contributed by atoms with Gasteiger partial charge in [-0.25, -0.2) is 0 Å². The Bertz CT molecular complexity index is 262. The van der Waals surface area contributed by atoms with Crippen molar-refractivity contribution in [1.29, 1.82) is 0 Å². The molecular weight excluding hydrogens is 238 g/mol. The molecule has 0 aromatic heterocycles. The standard InChI is InChI=1S/C15H31N3O/c1-4-18(13-8-6-5-7-9-13)11-10-14(15(16)19)17-12(2)3/h12-14,17H,4-11H2,1-3H3,(H2,16,19). The monoisotopic (exact) mass is 269 g/mol. The fourth-order valence-corrected chi connectivity index (χ4v) is 3.05. The minimum absolute atomic E-state index is 0.197. The van der Waals surface area contributed by atoms with E-state index in [1.165, 1.54) is 32.1 Å². The molecule has 1 saturated carbocycles. The van der Waals surface area contributed by atoms with E-state index in [0.29, 0.717) is 12.1 Å². The van der Waals surface area contributed by atoms with E-state index in [0.717, 1.165) is 19.5 Å². The molecule has 0 aromatic rings. The highest BCUT2D eigenvalue weighted by atomic mass is 16.1. The SMILES string of the molecule is CCN(CCC(NC(C)C)C(N)=O)C1CCCCC1. The van der Waals surface area contributed by atoms with Crippen molar-refractivity contribution in [2.75, 3.05) is 13.1 Å². The number of hydrogen-bond donors (Lipinski definition) is 2. The van der Waals surface area contributed by atoms with Crippen LogP contribution >= 0.6 is 0 Å². The van der Waals surface area contributed by atoms with Crippen molar-refractivity contribution >= 4 is 5.91 Å². The quantitative estimate of drug-likeness (QED) is 0.707. The molecule has 0 radical (unpaired) electrons. The molecule has 19 heavy (non-hydrogen) atoms. The number of carbonyl (C=O) groups excluding carboxylic acids is 1. The van der Waals surface area contributed by atoms with Crippen molar-refractivity contribution < 1.29 is 4.79 Å². The molecule has 4 heteroatoms. The van der Waals surface area contributed by atoms with E-state index in [1.807, 2.05) is 0 Å². The third kappa shape index (κ3) is 5.91. The van der Waals surface area contributed by atoms with Crippen molar-refractivity contribution in [2.24, 2.45) is 5.73 Å². The van der Waals surface area contributed by atoms with Gasteiger partial charge in [0.05, 0.1) is 6.04 Å². The Balaban J connectivity index is 2.43. The molecule has 112 valence electrons. The van der Waals surface area contributed by atoms with E-state index >= 15 is 0 Å². The van der Waals surface area contributed by atoms with Gasteiger partial charge < -0.3 is 16.0 Å². The van der Waals surface area contributed by atoms with Gasteiger partial charge in [0.1, 0.15) is 0 Å². The lowest BCUT2D eigenvalue weighted by Crippen LogP contribution is -2.47. The third-order valence-corrected chi connectivity index (χ3v) is 4.08. The first-order valence-corrected chi connectivity index (χ1v) is 7.84. The van der Waals surface area contributed by atoms with E-state index < -0.39 is 0 Å². The first-order chi connectivity index (χ1) is 9.04. The molecule has 0 heterocycles. The van der Waals surface area contributed by atoms with Crippen LogP contribution in [-0.4, -0.2) is 42.0 Å². The Kier molecular flexibility index (Phi) is 7.39. The largest absolute Gasteiger partial charge is 0.368 e. The average molecular weight is 269 g/mol. The van der Waals surface area contributed by atoms with Gasteiger partial charge in [-0.2, -0.15) is 0 Å². The van der Waals surface area contributed by atoms with E-state index in [9.17, 15) is 4.79 Å². The number of amides is 1. The molecule has 0 aromatic carbocycles. The predicted molar refractivity (Wildman–Crippen MR) is 80.0 cm³/mol. The summed E-state index contributed by atoms with van der Waals surface area (Å²) in [6, 6.07) is 0.811. The minimum Gasteiger partial charge on any atom is -0.368 e. The van der Waals surface area contributed by atoms with E-state index in [4.69, 9.17) is 5.73 Å². The van der Waals surface area contributed by atoms with Crippen LogP contribution in [0.2, 0.25) is 0 Å². The molecule has 0 saturated heterocycles. The average Bonchev–Trinajstić information content (AvgIpc) is 2.38. The van der Waals surface area contributed by atoms with Crippen LogP contribution < -0.4 is 11.1 Å². The Labute approximate surface area is 118 Å². The van der Waals surface area contributed by atoms with Crippen LogP contribution in [0.4, 0.5) is 0 Å². The summed E-state index contributed by atoms with van der Waals surface area (Å²) in [5.41, 5.74) is 5.47. The van der Waals surface area contributed by atoms with Gasteiger partial charge in [0.15, 0.2) is 0 Å². The minimum atomic E-state index is -0.228. The van der Waals surface area contributed by atoms with E-state index in [2.05, 4.69) is 31.0 Å². The molecule has 1 amide bonds. The predicted octanol–water partition coefficient (Wildman–Crippen LogP) is 1.88. The zero-order chi connectivity index (χ0) is 14.3. The van der Waals surface area contributed by atoms with Gasteiger partial charge in [-0.3, -0.25) is 4.79 Å². The molecule has 0 bridgehead atoms. The molecule has 1 fully saturated rings. The van der Waals surface area contributed by atoms with Gasteiger partial charge in [0.25, 0.3) is 0 Å². The van der Waals surface area contributed by atoms with Crippen molar-refractivity contribution in [2.45, 2.75) is 77.4 Å². The molecule has 1 atom stereocenters. The normalized spacial score (nSPS) is 19.0. The maximum absolute atomic E-state index is 11.5. The van der Waals surface area contributed by atoms with Crippen molar-refractivity contribution in [1.82, 2.24) is 10.2 Å². The van der Waals surface area contributed by atoms with Gasteiger partial charge >= 0.3 is 0 Å². The molecule has 4 nitrogen and oxygen atoms in total. The van der Waals surface area contributed by atoms with Crippen LogP contribution in [0.1, 0.15) is 59.3 Å². The van der Waals surface area contributed by atoms with E-state index in [-0.39, 0.29) is 11.9 Å². The maximum atomic E-state index is 11.5. The van der Waals surface area contributed by atoms with Gasteiger partial charge in [-0.1, -0.05) is 40.0 Å². The fourth-order valence-electron chi connectivity index (χ4n) is 3.05. The van der Waals surface area contributed by atoms with Crippen molar-refractivity contribution in [3.8, 4) is 0 Å². The summed E-state index contributed by atoms with van der Waals surface area (Å²) in [5.74, 6) is -0.228. The second-order valence-electron chi connectivity index (χ2n) is 5.99. The smallest absolute Gasteiger partial charge is 0.234 e. The maximum Gasteiger partial charge on any atom is 0.234 e. The zero-order valence-corrected chi connectivity index (χ0v) is 12.8. The van der Waals surface area contributed by atoms with Crippen molar-refractivity contribution in [3.63, 3.8) is 0 Å². The Morgan fingerprint density at radius 1 is 1.32 bits per heavy atom. The highest BCUT2D eigenvalue weighted by Gasteiger charge is 2.22. The second kappa shape index (κ2) is 8.54. The van der Waals surface area contributed by atoms with Crippen LogP contribution in [0.5, 0.6) is 0 Å². The van der Waals surface area contributed by atoms with Gasteiger partial charge in [0.2, 0.25) is 5.91 Å². The summed E-state index contributed by atoms with van der Waals surface area (Å²) in [6.45, 7) is 8.35. The second-order valence-corrected chi connectivity index (χ2v) is 5.99. The number of nitrogens with one attached hydrogen (secondary N) is 1. The number of rotatable bonds is 8. The molecule has 1 unspecified atom stereocenters. The molecule has 3 N–H and O–H groups in total. The highest BCUT2D eigenvalue weighted by molar-refractivity contribution is 5.79. The summed E-state index contributed by atoms with van der Waals surface area (Å²) >= 11 is 0. The summed E-state index contributed by atoms with van der Waals surface area (Å²) in [6.07, 6.45) is 7.53.